The second-order valence-electron chi connectivity index (χ2n) is 10.2. The Hall–Kier alpha value is -2.70. The van der Waals surface area contributed by atoms with Crippen LogP contribution >= 0.6 is 0 Å². The summed E-state index contributed by atoms with van der Waals surface area (Å²) in [6.45, 7) is 1.79. The van der Waals surface area contributed by atoms with Crippen molar-refractivity contribution in [1.82, 2.24) is 5.32 Å². The van der Waals surface area contributed by atoms with E-state index in [0.717, 1.165) is 17.8 Å². The summed E-state index contributed by atoms with van der Waals surface area (Å²) in [5.74, 6) is 1.37. The summed E-state index contributed by atoms with van der Waals surface area (Å²) in [5, 5.41) is 8.54. The van der Waals surface area contributed by atoms with E-state index in [4.69, 9.17) is 4.74 Å². The average molecular weight is 438 g/mol. The topological polar surface area (TPSA) is 88.1 Å². The number of hydrogen-bond donors (Lipinski definition) is 1. The number of hydrogen-bond acceptors (Lipinski definition) is 5. The van der Waals surface area contributed by atoms with Gasteiger partial charge in [0.2, 0.25) is 5.91 Å². The Morgan fingerprint density at radius 3 is 2.34 bits per heavy atom. The SMILES string of the molecule is CC(NC(=O)COC(=O)C1=NN(c2ccccc2)C(=O)CC1)C12CC3CC(CC(C3)C1)C2. The summed E-state index contributed by atoms with van der Waals surface area (Å²) in [7, 11) is 0. The molecule has 1 unspecified atom stereocenters. The maximum Gasteiger partial charge on any atom is 0.355 e. The van der Waals surface area contributed by atoms with Crippen molar-refractivity contribution in [3.8, 4) is 0 Å². The maximum atomic E-state index is 12.6. The molecule has 4 fully saturated rings. The van der Waals surface area contributed by atoms with Gasteiger partial charge >= 0.3 is 5.97 Å². The number of para-hydroxylation sites is 1. The van der Waals surface area contributed by atoms with Crippen LogP contribution in [0.5, 0.6) is 0 Å². The number of nitrogens with zero attached hydrogens (tertiary/aromatic N) is 2. The van der Waals surface area contributed by atoms with Crippen molar-refractivity contribution in [1.29, 1.82) is 0 Å². The van der Waals surface area contributed by atoms with Crippen molar-refractivity contribution in [2.75, 3.05) is 11.6 Å². The minimum atomic E-state index is -0.643. The largest absolute Gasteiger partial charge is 0.451 e. The standard InChI is InChI=1S/C25H31N3O4/c1-16(25-12-17-9-18(13-25)11-19(10-17)14-25)26-22(29)15-32-24(31)21-7-8-23(30)28(27-21)20-5-3-2-4-6-20/h2-6,16-19H,7-15H2,1H3,(H,26,29). The Morgan fingerprint density at radius 2 is 1.72 bits per heavy atom. The van der Waals surface area contributed by atoms with Crippen molar-refractivity contribution in [2.45, 2.75) is 64.3 Å². The lowest BCUT2D eigenvalue weighted by Gasteiger charge is -2.59. The minimum Gasteiger partial charge on any atom is -0.451 e. The van der Waals surface area contributed by atoms with E-state index in [1.165, 1.54) is 43.5 Å². The van der Waals surface area contributed by atoms with Crippen LogP contribution in [-0.2, 0) is 19.1 Å². The molecule has 1 aromatic rings. The summed E-state index contributed by atoms with van der Waals surface area (Å²) in [5.41, 5.74) is 0.971. The van der Waals surface area contributed by atoms with Crippen LogP contribution in [0, 0.1) is 23.2 Å². The molecule has 7 heteroatoms. The molecule has 1 atom stereocenters. The van der Waals surface area contributed by atoms with Crippen molar-refractivity contribution in [3.63, 3.8) is 0 Å². The van der Waals surface area contributed by atoms with Crippen LogP contribution in [0.15, 0.2) is 35.4 Å². The number of carbonyl (C=O) groups is 3. The van der Waals surface area contributed by atoms with Gasteiger partial charge in [-0.3, -0.25) is 9.59 Å². The van der Waals surface area contributed by atoms with Crippen LogP contribution in [0.3, 0.4) is 0 Å². The number of nitrogens with one attached hydrogen (secondary N) is 1. The number of benzene rings is 1. The van der Waals surface area contributed by atoms with Crippen LogP contribution in [-0.4, -0.2) is 36.1 Å². The predicted molar refractivity (Wildman–Crippen MR) is 120 cm³/mol. The molecule has 6 rings (SSSR count). The summed E-state index contributed by atoms with van der Waals surface area (Å²) in [6.07, 6.45) is 8.11. The van der Waals surface area contributed by atoms with Gasteiger partial charge in [0, 0.05) is 18.9 Å². The molecule has 170 valence electrons. The third kappa shape index (κ3) is 4.05. The number of anilines is 1. The smallest absolute Gasteiger partial charge is 0.355 e. The number of ether oxygens (including phenoxy) is 1. The number of hydrazone groups is 1. The van der Waals surface area contributed by atoms with Crippen LogP contribution in [0.25, 0.3) is 0 Å². The van der Waals surface area contributed by atoms with E-state index in [1.54, 1.807) is 24.3 Å². The molecule has 4 aliphatic carbocycles. The van der Waals surface area contributed by atoms with E-state index >= 15 is 0 Å². The van der Waals surface area contributed by atoms with E-state index in [0.29, 0.717) is 5.69 Å². The van der Waals surface area contributed by atoms with Gasteiger partial charge < -0.3 is 10.1 Å². The van der Waals surface area contributed by atoms with Crippen molar-refractivity contribution >= 4 is 29.2 Å². The fourth-order valence-electron chi connectivity index (χ4n) is 6.83. The summed E-state index contributed by atoms with van der Waals surface area (Å²) in [4.78, 5) is 37.3. The minimum absolute atomic E-state index is 0.0836. The lowest BCUT2D eigenvalue weighted by Crippen LogP contribution is -2.56. The van der Waals surface area contributed by atoms with E-state index < -0.39 is 5.97 Å². The van der Waals surface area contributed by atoms with Crippen LogP contribution in [0.4, 0.5) is 5.69 Å². The van der Waals surface area contributed by atoms with Gasteiger partial charge in [-0.05, 0) is 80.8 Å². The lowest BCUT2D eigenvalue weighted by molar-refractivity contribution is -0.143. The van der Waals surface area contributed by atoms with Gasteiger partial charge in [0.25, 0.3) is 5.91 Å². The van der Waals surface area contributed by atoms with Crippen LogP contribution in [0.1, 0.15) is 58.3 Å². The van der Waals surface area contributed by atoms with Gasteiger partial charge in [-0.15, -0.1) is 0 Å². The Bertz CT molecular complexity index is 906. The highest BCUT2D eigenvalue weighted by atomic mass is 16.5. The molecule has 0 spiro atoms. The van der Waals surface area contributed by atoms with Crippen molar-refractivity contribution in [3.05, 3.63) is 30.3 Å². The fourth-order valence-corrected chi connectivity index (χ4v) is 6.83. The molecule has 0 aromatic heterocycles. The first-order valence-electron chi connectivity index (χ1n) is 11.8. The number of amides is 2. The molecule has 0 saturated heterocycles. The first-order chi connectivity index (χ1) is 15.4. The summed E-state index contributed by atoms with van der Waals surface area (Å²) in [6, 6.07) is 9.06. The molecule has 1 N–H and O–H groups in total. The maximum absolute atomic E-state index is 12.6. The van der Waals surface area contributed by atoms with Gasteiger partial charge in [-0.25, -0.2) is 9.80 Å². The molecule has 1 aromatic carbocycles. The van der Waals surface area contributed by atoms with E-state index in [2.05, 4.69) is 17.3 Å². The quantitative estimate of drug-likeness (QED) is 0.691. The van der Waals surface area contributed by atoms with Crippen LogP contribution in [0.2, 0.25) is 0 Å². The molecule has 5 aliphatic rings. The molecule has 0 radical (unpaired) electrons. The van der Waals surface area contributed by atoms with Crippen molar-refractivity contribution < 1.29 is 19.1 Å². The summed E-state index contributed by atoms with van der Waals surface area (Å²) >= 11 is 0. The Morgan fingerprint density at radius 1 is 1.09 bits per heavy atom. The lowest BCUT2D eigenvalue weighted by atomic mass is 9.48. The van der Waals surface area contributed by atoms with Gasteiger partial charge in [0.1, 0.15) is 5.71 Å². The fraction of sp³-hybridized carbons (Fsp3) is 0.600. The third-order valence-electron chi connectivity index (χ3n) is 7.99. The Balaban J connectivity index is 1.16. The first kappa shape index (κ1) is 21.2. The monoisotopic (exact) mass is 437 g/mol. The van der Waals surface area contributed by atoms with Gasteiger partial charge in [-0.2, -0.15) is 5.10 Å². The molecule has 7 nitrogen and oxygen atoms in total. The number of rotatable bonds is 6. The molecular formula is C25H31N3O4. The Labute approximate surface area is 188 Å². The predicted octanol–water partition coefficient (Wildman–Crippen LogP) is 3.43. The van der Waals surface area contributed by atoms with E-state index in [-0.39, 0.29) is 48.4 Å². The number of carbonyl (C=O) groups excluding carboxylic acids is 3. The van der Waals surface area contributed by atoms with Crippen molar-refractivity contribution in [2.24, 2.45) is 28.3 Å². The second-order valence-corrected chi connectivity index (χ2v) is 10.2. The highest BCUT2D eigenvalue weighted by Crippen LogP contribution is 2.61. The molecule has 4 saturated carbocycles. The molecule has 4 bridgehead atoms. The molecule has 2 amide bonds. The van der Waals surface area contributed by atoms with Gasteiger partial charge in [0.05, 0.1) is 5.69 Å². The zero-order chi connectivity index (χ0) is 22.3. The molecular weight excluding hydrogens is 406 g/mol. The molecule has 1 aliphatic heterocycles. The molecule has 1 heterocycles. The normalized spacial score (nSPS) is 31.8. The summed E-state index contributed by atoms with van der Waals surface area (Å²) < 4.78 is 5.26. The second kappa shape index (κ2) is 8.34. The Kier molecular flexibility index (Phi) is 5.51. The highest BCUT2D eigenvalue weighted by molar-refractivity contribution is 6.38. The van der Waals surface area contributed by atoms with E-state index in [1.807, 2.05) is 6.07 Å². The zero-order valence-corrected chi connectivity index (χ0v) is 18.6. The first-order valence-corrected chi connectivity index (χ1v) is 11.8. The van der Waals surface area contributed by atoms with Gasteiger partial charge in [-0.1, -0.05) is 18.2 Å². The van der Waals surface area contributed by atoms with Gasteiger partial charge in [0.15, 0.2) is 6.61 Å². The average Bonchev–Trinajstić information content (AvgIpc) is 2.77. The van der Waals surface area contributed by atoms with E-state index in [9.17, 15) is 14.4 Å². The third-order valence-corrected chi connectivity index (χ3v) is 7.99. The number of esters is 1. The molecule has 32 heavy (non-hydrogen) atoms. The highest BCUT2D eigenvalue weighted by Gasteiger charge is 2.53. The zero-order valence-electron chi connectivity index (χ0n) is 18.6. The van der Waals surface area contributed by atoms with Crippen LogP contribution < -0.4 is 10.3 Å².